The van der Waals surface area contributed by atoms with E-state index in [0.717, 1.165) is 16.2 Å². The molecular formula is C16H15F2NS. The zero-order valence-corrected chi connectivity index (χ0v) is 11.9. The minimum absolute atomic E-state index is 0.00676. The van der Waals surface area contributed by atoms with E-state index in [4.69, 9.17) is 5.73 Å². The van der Waals surface area contributed by atoms with Crippen LogP contribution in [-0.2, 0) is 0 Å². The topological polar surface area (TPSA) is 26.0 Å². The van der Waals surface area contributed by atoms with Gasteiger partial charge < -0.3 is 5.73 Å². The van der Waals surface area contributed by atoms with E-state index in [1.54, 1.807) is 18.7 Å². The number of rotatable bonds is 2. The van der Waals surface area contributed by atoms with Crippen molar-refractivity contribution in [3.63, 3.8) is 0 Å². The van der Waals surface area contributed by atoms with Crippen LogP contribution in [0.25, 0.3) is 0 Å². The zero-order valence-electron chi connectivity index (χ0n) is 11.1. The zero-order chi connectivity index (χ0) is 14.3. The molecule has 2 aromatic carbocycles. The Kier molecular flexibility index (Phi) is 3.52. The van der Waals surface area contributed by atoms with E-state index in [0.29, 0.717) is 5.56 Å². The summed E-state index contributed by atoms with van der Waals surface area (Å²) in [5.41, 5.74) is 7.71. The highest BCUT2D eigenvalue weighted by molar-refractivity contribution is 7.99. The van der Waals surface area contributed by atoms with Crippen LogP contribution in [0.2, 0.25) is 0 Å². The number of benzene rings is 2. The SMILES string of the molecule is Cc1ccc(F)c(C(N)C2CSc3ccccc32)c1F. The maximum Gasteiger partial charge on any atom is 0.133 e. The van der Waals surface area contributed by atoms with Gasteiger partial charge in [-0.05, 0) is 30.2 Å². The van der Waals surface area contributed by atoms with E-state index in [1.165, 1.54) is 12.1 Å². The van der Waals surface area contributed by atoms with Gasteiger partial charge in [-0.15, -0.1) is 11.8 Å². The highest BCUT2D eigenvalue weighted by Gasteiger charge is 2.32. The molecule has 0 radical (unpaired) electrons. The molecule has 0 fully saturated rings. The molecule has 1 aliphatic heterocycles. The lowest BCUT2D eigenvalue weighted by Gasteiger charge is -2.21. The molecule has 1 nitrogen and oxygen atoms in total. The second-order valence-electron chi connectivity index (χ2n) is 5.07. The third-order valence-corrected chi connectivity index (χ3v) is 5.03. The number of nitrogens with two attached hydrogens (primary N) is 1. The summed E-state index contributed by atoms with van der Waals surface area (Å²) in [4.78, 5) is 1.15. The Morgan fingerprint density at radius 1 is 1.20 bits per heavy atom. The lowest BCUT2D eigenvalue weighted by Crippen LogP contribution is -2.22. The van der Waals surface area contributed by atoms with Crippen LogP contribution < -0.4 is 5.73 Å². The molecule has 0 saturated heterocycles. The van der Waals surface area contributed by atoms with Crippen LogP contribution in [0.1, 0.15) is 28.7 Å². The first-order chi connectivity index (χ1) is 9.59. The van der Waals surface area contributed by atoms with E-state index in [9.17, 15) is 8.78 Å². The molecule has 0 aromatic heterocycles. The van der Waals surface area contributed by atoms with E-state index >= 15 is 0 Å². The minimum Gasteiger partial charge on any atom is -0.323 e. The molecule has 0 amide bonds. The lowest BCUT2D eigenvalue weighted by molar-refractivity contribution is 0.494. The summed E-state index contributed by atoms with van der Waals surface area (Å²) in [7, 11) is 0. The summed E-state index contributed by atoms with van der Waals surface area (Å²) in [6, 6.07) is 9.99. The number of aryl methyl sites for hydroxylation is 1. The summed E-state index contributed by atoms with van der Waals surface area (Å²) >= 11 is 1.69. The van der Waals surface area contributed by atoms with Gasteiger partial charge in [0.05, 0.1) is 0 Å². The van der Waals surface area contributed by atoms with Gasteiger partial charge in [0, 0.05) is 28.2 Å². The third kappa shape index (κ3) is 2.13. The normalized spacial score (nSPS) is 18.9. The Balaban J connectivity index is 2.03. The fourth-order valence-electron chi connectivity index (χ4n) is 2.67. The van der Waals surface area contributed by atoms with E-state index < -0.39 is 17.7 Å². The average molecular weight is 291 g/mol. The Morgan fingerprint density at radius 2 is 1.95 bits per heavy atom. The van der Waals surface area contributed by atoms with Crippen molar-refractivity contribution in [1.82, 2.24) is 0 Å². The van der Waals surface area contributed by atoms with Crippen LogP contribution >= 0.6 is 11.8 Å². The first kappa shape index (κ1) is 13.6. The molecule has 0 spiro atoms. The van der Waals surface area contributed by atoms with Gasteiger partial charge in [0.25, 0.3) is 0 Å². The van der Waals surface area contributed by atoms with Crippen molar-refractivity contribution in [1.29, 1.82) is 0 Å². The van der Waals surface area contributed by atoms with Crippen LogP contribution in [0.5, 0.6) is 0 Å². The van der Waals surface area contributed by atoms with Crippen molar-refractivity contribution in [2.24, 2.45) is 5.73 Å². The molecule has 4 heteroatoms. The highest BCUT2D eigenvalue weighted by Crippen LogP contribution is 2.45. The van der Waals surface area contributed by atoms with Gasteiger partial charge in [0.1, 0.15) is 11.6 Å². The quantitative estimate of drug-likeness (QED) is 0.899. The second kappa shape index (κ2) is 5.19. The number of thioether (sulfide) groups is 1. The van der Waals surface area contributed by atoms with Crippen LogP contribution in [0.15, 0.2) is 41.3 Å². The third-order valence-electron chi connectivity index (χ3n) is 3.82. The summed E-state index contributed by atoms with van der Waals surface area (Å²) in [5, 5.41) is 0. The van der Waals surface area contributed by atoms with Gasteiger partial charge >= 0.3 is 0 Å². The van der Waals surface area contributed by atoms with Gasteiger partial charge in [-0.2, -0.15) is 0 Å². The summed E-state index contributed by atoms with van der Waals surface area (Å²) in [6.45, 7) is 1.63. The Bertz CT molecular complexity index is 657. The average Bonchev–Trinajstić information content (AvgIpc) is 2.87. The van der Waals surface area contributed by atoms with Crippen LogP contribution in [-0.4, -0.2) is 5.75 Å². The summed E-state index contributed by atoms with van der Waals surface area (Å²) in [6.07, 6.45) is 0. The monoisotopic (exact) mass is 291 g/mol. The maximum atomic E-state index is 14.2. The van der Waals surface area contributed by atoms with Crippen molar-refractivity contribution in [2.75, 3.05) is 5.75 Å². The molecule has 20 heavy (non-hydrogen) atoms. The molecule has 1 heterocycles. The Labute approximate surface area is 121 Å². The summed E-state index contributed by atoms with van der Waals surface area (Å²) < 4.78 is 28.2. The van der Waals surface area contributed by atoms with Gasteiger partial charge in [0.15, 0.2) is 0 Å². The fourth-order valence-corrected chi connectivity index (χ4v) is 3.98. The van der Waals surface area contributed by atoms with Crippen LogP contribution in [0.3, 0.4) is 0 Å². The van der Waals surface area contributed by atoms with Crippen LogP contribution in [0.4, 0.5) is 8.78 Å². The van der Waals surface area contributed by atoms with Crippen molar-refractivity contribution in [2.45, 2.75) is 23.8 Å². The minimum atomic E-state index is -0.661. The second-order valence-corrected chi connectivity index (χ2v) is 6.13. The van der Waals surface area contributed by atoms with Gasteiger partial charge in [-0.25, -0.2) is 8.78 Å². The Hall–Kier alpha value is -1.39. The predicted octanol–water partition coefficient (Wildman–Crippen LogP) is 4.16. The number of hydrogen-bond acceptors (Lipinski definition) is 2. The van der Waals surface area contributed by atoms with E-state index in [1.807, 2.05) is 24.3 Å². The number of fused-ring (bicyclic) bond motifs is 1. The molecule has 2 atom stereocenters. The van der Waals surface area contributed by atoms with Gasteiger partial charge in [0.2, 0.25) is 0 Å². The van der Waals surface area contributed by atoms with Crippen molar-refractivity contribution < 1.29 is 8.78 Å². The van der Waals surface area contributed by atoms with Gasteiger partial charge in [-0.1, -0.05) is 24.3 Å². The molecule has 2 N–H and O–H groups in total. The first-order valence-corrected chi connectivity index (χ1v) is 7.50. The molecular weight excluding hydrogens is 276 g/mol. The smallest absolute Gasteiger partial charge is 0.133 e. The number of halogens is 2. The molecule has 0 aliphatic carbocycles. The molecule has 3 rings (SSSR count). The predicted molar refractivity (Wildman–Crippen MR) is 77.9 cm³/mol. The van der Waals surface area contributed by atoms with Crippen molar-refractivity contribution >= 4 is 11.8 Å². The van der Waals surface area contributed by atoms with E-state index in [2.05, 4.69) is 0 Å². The largest absolute Gasteiger partial charge is 0.323 e. The molecule has 2 unspecified atom stereocenters. The summed E-state index contributed by atoms with van der Waals surface area (Å²) in [5.74, 6) is -0.378. The highest BCUT2D eigenvalue weighted by atomic mass is 32.2. The number of hydrogen-bond donors (Lipinski definition) is 1. The fraction of sp³-hybridized carbons (Fsp3) is 0.250. The lowest BCUT2D eigenvalue weighted by atomic mass is 9.88. The molecule has 2 aromatic rings. The molecule has 1 aliphatic rings. The first-order valence-electron chi connectivity index (χ1n) is 6.51. The molecule has 0 saturated carbocycles. The standard InChI is InChI=1S/C16H15F2NS/c1-9-6-7-12(17)14(15(9)18)16(19)11-8-20-13-5-3-2-4-10(11)13/h2-7,11,16H,8,19H2,1H3. The van der Waals surface area contributed by atoms with Crippen LogP contribution in [0, 0.1) is 18.6 Å². The Morgan fingerprint density at radius 3 is 2.75 bits per heavy atom. The molecule has 104 valence electrons. The maximum absolute atomic E-state index is 14.2. The van der Waals surface area contributed by atoms with E-state index in [-0.39, 0.29) is 11.5 Å². The molecule has 0 bridgehead atoms. The van der Waals surface area contributed by atoms with Crippen molar-refractivity contribution in [3.8, 4) is 0 Å². The van der Waals surface area contributed by atoms with Crippen molar-refractivity contribution in [3.05, 3.63) is 64.7 Å². The van der Waals surface area contributed by atoms with Gasteiger partial charge in [-0.3, -0.25) is 0 Å².